The number of nitro groups is 1. The molecule has 0 aliphatic heterocycles. The van der Waals surface area contributed by atoms with Crippen molar-refractivity contribution >= 4 is 22.8 Å². The van der Waals surface area contributed by atoms with Crippen molar-refractivity contribution in [2.24, 2.45) is 0 Å². The molecule has 19 heavy (non-hydrogen) atoms. The zero-order valence-corrected chi connectivity index (χ0v) is 9.59. The smallest absolute Gasteiger partial charge is 0.269 e. The van der Waals surface area contributed by atoms with Gasteiger partial charge in [0.2, 0.25) is 5.95 Å². The Morgan fingerprint density at radius 2 is 1.95 bits per heavy atom. The Hall–Kier alpha value is -3.03. The third kappa shape index (κ3) is 1.84. The molecule has 0 radical (unpaired) electrons. The van der Waals surface area contributed by atoms with E-state index in [-0.39, 0.29) is 11.6 Å². The summed E-state index contributed by atoms with van der Waals surface area (Å²) < 4.78 is 1.73. The van der Waals surface area contributed by atoms with E-state index < -0.39 is 4.92 Å². The standard InChI is InChI=1S/C11H8N6O2/c12-11-13-5-9-10(15-11)14-6-16(9)7-1-3-8(4-2-7)17(18)19/h1-6H,(H2,12,13,15). The number of benzene rings is 1. The largest absolute Gasteiger partial charge is 0.368 e. The maximum Gasteiger partial charge on any atom is 0.269 e. The fraction of sp³-hybridized carbons (Fsp3) is 0. The van der Waals surface area contributed by atoms with Gasteiger partial charge in [-0.05, 0) is 12.1 Å². The van der Waals surface area contributed by atoms with E-state index in [2.05, 4.69) is 15.0 Å². The van der Waals surface area contributed by atoms with Crippen LogP contribution in [0.3, 0.4) is 0 Å². The predicted octanol–water partition coefficient (Wildman–Crippen LogP) is 1.31. The molecule has 0 unspecified atom stereocenters. The minimum absolute atomic E-state index is 0.0358. The number of hydrogen-bond donors (Lipinski definition) is 1. The van der Waals surface area contributed by atoms with Crippen LogP contribution in [0.25, 0.3) is 16.9 Å². The summed E-state index contributed by atoms with van der Waals surface area (Å²) in [5, 5.41) is 10.6. The monoisotopic (exact) mass is 256 g/mol. The maximum atomic E-state index is 10.6. The molecule has 2 heterocycles. The Morgan fingerprint density at radius 3 is 2.63 bits per heavy atom. The molecule has 3 rings (SSSR count). The molecule has 0 saturated carbocycles. The van der Waals surface area contributed by atoms with E-state index in [0.29, 0.717) is 11.2 Å². The highest BCUT2D eigenvalue weighted by molar-refractivity contribution is 5.73. The van der Waals surface area contributed by atoms with Crippen molar-refractivity contribution in [1.82, 2.24) is 19.5 Å². The normalized spacial score (nSPS) is 10.7. The fourth-order valence-electron chi connectivity index (χ4n) is 1.76. The van der Waals surface area contributed by atoms with Crippen molar-refractivity contribution in [3.8, 4) is 5.69 Å². The average molecular weight is 256 g/mol. The SMILES string of the molecule is Nc1ncc2c(ncn2-c2ccc([N+](=O)[O-])cc2)n1. The van der Waals surface area contributed by atoms with Crippen molar-refractivity contribution in [3.63, 3.8) is 0 Å². The van der Waals surface area contributed by atoms with Crippen LogP contribution >= 0.6 is 0 Å². The molecule has 0 amide bonds. The van der Waals surface area contributed by atoms with Crippen LogP contribution in [0.4, 0.5) is 11.6 Å². The fourth-order valence-corrected chi connectivity index (χ4v) is 1.76. The molecule has 3 aromatic rings. The molecule has 8 nitrogen and oxygen atoms in total. The number of nitrogen functional groups attached to an aromatic ring is 1. The summed E-state index contributed by atoms with van der Waals surface area (Å²) in [5.74, 6) is 0.154. The summed E-state index contributed by atoms with van der Waals surface area (Å²) in [6.45, 7) is 0. The number of aromatic nitrogens is 4. The van der Waals surface area contributed by atoms with Gasteiger partial charge in [0, 0.05) is 17.8 Å². The van der Waals surface area contributed by atoms with Crippen molar-refractivity contribution in [2.45, 2.75) is 0 Å². The molecule has 1 aromatic carbocycles. The molecule has 0 spiro atoms. The molecule has 94 valence electrons. The van der Waals surface area contributed by atoms with Crippen LogP contribution in [0, 0.1) is 10.1 Å². The zero-order valence-electron chi connectivity index (χ0n) is 9.59. The second kappa shape index (κ2) is 4.02. The molecule has 0 saturated heterocycles. The molecule has 0 bridgehead atoms. The van der Waals surface area contributed by atoms with Crippen molar-refractivity contribution in [1.29, 1.82) is 0 Å². The Labute approximate surface area is 106 Å². The number of nitrogens with zero attached hydrogens (tertiary/aromatic N) is 5. The molecule has 0 atom stereocenters. The van der Waals surface area contributed by atoms with E-state index in [1.165, 1.54) is 12.1 Å². The number of fused-ring (bicyclic) bond motifs is 1. The van der Waals surface area contributed by atoms with E-state index in [4.69, 9.17) is 5.73 Å². The highest BCUT2D eigenvalue weighted by Crippen LogP contribution is 2.19. The van der Waals surface area contributed by atoms with E-state index in [0.717, 1.165) is 5.69 Å². The van der Waals surface area contributed by atoms with Crippen molar-refractivity contribution in [2.75, 3.05) is 5.73 Å². The maximum absolute atomic E-state index is 10.6. The Kier molecular flexibility index (Phi) is 2.34. The summed E-state index contributed by atoms with van der Waals surface area (Å²) >= 11 is 0. The summed E-state index contributed by atoms with van der Waals surface area (Å²) in [6.07, 6.45) is 3.13. The van der Waals surface area contributed by atoms with Gasteiger partial charge in [-0.15, -0.1) is 0 Å². The Bertz CT molecular complexity index is 764. The molecule has 2 N–H and O–H groups in total. The summed E-state index contributed by atoms with van der Waals surface area (Å²) in [7, 11) is 0. The molecule has 8 heteroatoms. The van der Waals surface area contributed by atoms with Crippen LogP contribution in [0.2, 0.25) is 0 Å². The van der Waals surface area contributed by atoms with Crippen LogP contribution in [0.5, 0.6) is 0 Å². The highest BCUT2D eigenvalue weighted by Gasteiger charge is 2.09. The van der Waals surface area contributed by atoms with E-state index >= 15 is 0 Å². The first-order chi connectivity index (χ1) is 9.15. The van der Waals surface area contributed by atoms with E-state index in [1.54, 1.807) is 29.2 Å². The van der Waals surface area contributed by atoms with Gasteiger partial charge in [-0.2, -0.15) is 4.98 Å². The lowest BCUT2D eigenvalue weighted by molar-refractivity contribution is -0.384. The van der Waals surface area contributed by atoms with Gasteiger partial charge in [-0.1, -0.05) is 0 Å². The molecule has 0 aliphatic rings. The minimum Gasteiger partial charge on any atom is -0.368 e. The highest BCUT2D eigenvalue weighted by atomic mass is 16.6. The third-order valence-electron chi connectivity index (χ3n) is 2.66. The average Bonchev–Trinajstić information content (AvgIpc) is 2.81. The number of imidazole rings is 1. The molecule has 0 aliphatic carbocycles. The topological polar surface area (TPSA) is 113 Å². The quantitative estimate of drug-likeness (QED) is 0.546. The number of non-ortho nitro benzene ring substituents is 1. The van der Waals surface area contributed by atoms with Gasteiger partial charge in [-0.3, -0.25) is 14.7 Å². The van der Waals surface area contributed by atoms with Crippen LogP contribution in [0.15, 0.2) is 36.8 Å². The van der Waals surface area contributed by atoms with Crippen LogP contribution in [-0.4, -0.2) is 24.4 Å². The van der Waals surface area contributed by atoms with Gasteiger partial charge in [-0.25, -0.2) is 9.97 Å². The van der Waals surface area contributed by atoms with E-state index in [1.807, 2.05) is 0 Å². The molecular formula is C11H8N6O2. The summed E-state index contributed by atoms with van der Waals surface area (Å²) in [4.78, 5) is 22.2. The lowest BCUT2D eigenvalue weighted by Crippen LogP contribution is -1.97. The van der Waals surface area contributed by atoms with Gasteiger partial charge in [0.05, 0.1) is 11.1 Å². The van der Waals surface area contributed by atoms with Crippen LogP contribution in [-0.2, 0) is 0 Å². The number of nitro benzene ring substituents is 1. The van der Waals surface area contributed by atoms with Gasteiger partial charge in [0.1, 0.15) is 11.8 Å². The molecular weight excluding hydrogens is 248 g/mol. The number of anilines is 1. The second-order valence-corrected chi connectivity index (χ2v) is 3.83. The first kappa shape index (κ1) is 11.1. The predicted molar refractivity (Wildman–Crippen MR) is 67.7 cm³/mol. The van der Waals surface area contributed by atoms with Crippen molar-refractivity contribution in [3.05, 3.63) is 46.9 Å². The number of nitrogens with two attached hydrogens (primary N) is 1. The van der Waals surface area contributed by atoms with Gasteiger partial charge in [0.15, 0.2) is 5.65 Å². The third-order valence-corrected chi connectivity index (χ3v) is 2.66. The van der Waals surface area contributed by atoms with E-state index in [9.17, 15) is 10.1 Å². The van der Waals surface area contributed by atoms with Gasteiger partial charge >= 0.3 is 0 Å². The number of rotatable bonds is 2. The first-order valence-corrected chi connectivity index (χ1v) is 5.35. The van der Waals surface area contributed by atoms with Crippen LogP contribution in [0.1, 0.15) is 0 Å². The molecule has 2 aromatic heterocycles. The zero-order chi connectivity index (χ0) is 13.4. The van der Waals surface area contributed by atoms with Crippen LogP contribution < -0.4 is 5.73 Å². The van der Waals surface area contributed by atoms with Gasteiger partial charge in [0.25, 0.3) is 5.69 Å². The van der Waals surface area contributed by atoms with Gasteiger partial charge < -0.3 is 5.73 Å². The Morgan fingerprint density at radius 1 is 1.21 bits per heavy atom. The summed E-state index contributed by atoms with van der Waals surface area (Å²) in [5.41, 5.74) is 7.41. The lowest BCUT2D eigenvalue weighted by Gasteiger charge is -2.03. The minimum atomic E-state index is -0.445. The lowest BCUT2D eigenvalue weighted by atomic mass is 10.3. The second-order valence-electron chi connectivity index (χ2n) is 3.83. The summed E-state index contributed by atoms with van der Waals surface area (Å²) in [6, 6.07) is 6.13. The first-order valence-electron chi connectivity index (χ1n) is 5.35. The van der Waals surface area contributed by atoms with Crippen molar-refractivity contribution < 1.29 is 4.92 Å². The molecule has 0 fully saturated rings. The number of hydrogen-bond acceptors (Lipinski definition) is 6. The Balaban J connectivity index is 2.11.